The molecule has 3 aromatic carbocycles. The number of aliphatic hydroxyl groups excluding tert-OH is 1. The van der Waals surface area contributed by atoms with Gasteiger partial charge in [0.15, 0.2) is 0 Å². The molecule has 1 amide bonds. The minimum atomic E-state index is -0.406. The molecule has 0 bridgehead atoms. The Kier molecular flexibility index (Phi) is 12.6. The molecule has 0 saturated carbocycles. The number of hydrogen-bond donors (Lipinski definition) is 2. The molecular weight excluding hydrogens is 490 g/mol. The van der Waals surface area contributed by atoms with Crippen LogP contribution in [0.5, 0.6) is 11.5 Å². The van der Waals surface area contributed by atoms with E-state index in [-0.39, 0.29) is 13.0 Å². The number of nitrogens with zero attached hydrogens (tertiary/aromatic N) is 2. The van der Waals surface area contributed by atoms with Crippen molar-refractivity contribution < 1.29 is 19.4 Å². The monoisotopic (exact) mass is 525 g/mol. The van der Waals surface area contributed by atoms with Crippen molar-refractivity contribution >= 4 is 29.7 Å². The Labute approximate surface area is 230 Å². The van der Waals surface area contributed by atoms with E-state index in [9.17, 15) is 9.59 Å². The maximum absolute atomic E-state index is 12.2. The Hall–Kier alpha value is -4.75. The molecule has 3 rings (SSSR count). The molecule has 0 unspecified atom stereocenters. The highest BCUT2D eigenvalue weighted by Gasteiger charge is 2.14. The first-order chi connectivity index (χ1) is 18.9. The summed E-state index contributed by atoms with van der Waals surface area (Å²) in [6.45, 7) is 12.4. The van der Waals surface area contributed by atoms with Crippen LogP contribution in [0.3, 0.4) is 0 Å². The standard InChI is InChI=1S/C31H31N3O3.CH4O/c1-23(2)34(33-22-31(36)32-19-8-20-35)30(21-25(4)26-13-11-24(3)12-14-26)27-15-17-29(18-16-27)37-28-9-6-5-7-10-28;1-2/h5-7,9-18,20-22H,1,4,8,19H2,2-3H3,(H,32,36);2H,1H3/b30-21-,33-22+;. The van der Waals surface area contributed by atoms with Gasteiger partial charge in [-0.2, -0.15) is 5.10 Å². The average Bonchev–Trinajstić information content (AvgIpc) is 2.95. The van der Waals surface area contributed by atoms with Crippen molar-refractivity contribution in [1.82, 2.24) is 10.3 Å². The van der Waals surface area contributed by atoms with Crippen LogP contribution in [-0.4, -0.2) is 42.2 Å². The number of aldehydes is 1. The van der Waals surface area contributed by atoms with Gasteiger partial charge in [-0.1, -0.05) is 61.2 Å². The highest BCUT2D eigenvalue weighted by Crippen LogP contribution is 2.30. The fourth-order valence-corrected chi connectivity index (χ4v) is 3.38. The number of nitrogens with one attached hydrogen (secondary N) is 1. The Morgan fingerprint density at radius 1 is 0.949 bits per heavy atom. The molecule has 0 aliphatic carbocycles. The normalized spacial score (nSPS) is 10.7. The predicted molar refractivity (Wildman–Crippen MR) is 158 cm³/mol. The SMILES string of the molecule is C=C(/C=C(/c1ccc(Oc2ccccc2)cc1)N(/N=C/C(=O)NCCC=O)C(=C)C)c1ccc(C)cc1.CO. The summed E-state index contributed by atoms with van der Waals surface area (Å²) < 4.78 is 5.93. The van der Waals surface area contributed by atoms with Gasteiger partial charge in [0.05, 0.1) is 5.70 Å². The molecule has 3 aromatic rings. The van der Waals surface area contributed by atoms with Gasteiger partial charge < -0.3 is 20.0 Å². The molecule has 0 aliphatic heterocycles. The van der Waals surface area contributed by atoms with Crippen molar-refractivity contribution in [2.75, 3.05) is 13.7 Å². The van der Waals surface area contributed by atoms with Gasteiger partial charge in [-0.25, -0.2) is 5.01 Å². The fraction of sp³-hybridized carbons (Fsp3) is 0.156. The van der Waals surface area contributed by atoms with Crippen molar-refractivity contribution in [1.29, 1.82) is 0 Å². The molecule has 0 spiro atoms. The molecule has 7 nitrogen and oxygen atoms in total. The number of aryl methyl sites for hydroxylation is 1. The summed E-state index contributed by atoms with van der Waals surface area (Å²) in [7, 11) is 1.00. The van der Waals surface area contributed by atoms with E-state index in [0.717, 1.165) is 41.4 Å². The fourth-order valence-electron chi connectivity index (χ4n) is 3.38. The van der Waals surface area contributed by atoms with Crippen molar-refractivity contribution in [3.63, 3.8) is 0 Å². The molecule has 0 atom stereocenters. The lowest BCUT2D eigenvalue weighted by atomic mass is 10.0. The second kappa shape index (κ2) is 16.2. The van der Waals surface area contributed by atoms with E-state index in [4.69, 9.17) is 9.84 Å². The van der Waals surface area contributed by atoms with Gasteiger partial charge in [0.25, 0.3) is 5.91 Å². The Bertz CT molecular complexity index is 1300. The zero-order valence-corrected chi connectivity index (χ0v) is 22.6. The van der Waals surface area contributed by atoms with Gasteiger partial charge in [0, 0.05) is 31.3 Å². The van der Waals surface area contributed by atoms with Crippen LogP contribution in [0.15, 0.2) is 109 Å². The van der Waals surface area contributed by atoms with Gasteiger partial charge in [0.1, 0.15) is 24.0 Å². The van der Waals surface area contributed by atoms with Crippen LogP contribution >= 0.6 is 0 Å². The number of allylic oxidation sites excluding steroid dienone is 3. The number of aliphatic hydroxyl groups is 1. The molecule has 202 valence electrons. The zero-order valence-electron chi connectivity index (χ0n) is 22.6. The van der Waals surface area contributed by atoms with E-state index >= 15 is 0 Å². The van der Waals surface area contributed by atoms with Crippen LogP contribution in [-0.2, 0) is 9.59 Å². The summed E-state index contributed by atoms with van der Waals surface area (Å²) in [6.07, 6.45) is 4.08. The van der Waals surface area contributed by atoms with Gasteiger partial charge in [-0.15, -0.1) is 0 Å². The van der Waals surface area contributed by atoms with Crippen molar-refractivity contribution in [3.05, 3.63) is 120 Å². The maximum atomic E-state index is 12.2. The highest BCUT2D eigenvalue weighted by atomic mass is 16.5. The van der Waals surface area contributed by atoms with Gasteiger partial charge in [-0.3, -0.25) is 4.79 Å². The third-order valence-corrected chi connectivity index (χ3v) is 5.30. The number of ether oxygens (including phenoxy) is 1. The lowest BCUT2D eigenvalue weighted by Crippen LogP contribution is -2.26. The second-order valence-corrected chi connectivity index (χ2v) is 8.40. The Morgan fingerprint density at radius 2 is 1.54 bits per heavy atom. The van der Waals surface area contributed by atoms with Gasteiger partial charge in [-0.05, 0) is 67.5 Å². The predicted octanol–water partition coefficient (Wildman–Crippen LogP) is 5.98. The van der Waals surface area contributed by atoms with Crippen LogP contribution in [0.25, 0.3) is 11.3 Å². The summed E-state index contributed by atoms with van der Waals surface area (Å²) in [4.78, 5) is 22.7. The minimum Gasteiger partial charge on any atom is -0.457 e. The summed E-state index contributed by atoms with van der Waals surface area (Å²) in [5, 5.41) is 15.6. The maximum Gasteiger partial charge on any atom is 0.264 e. The number of hydrazone groups is 1. The third-order valence-electron chi connectivity index (χ3n) is 5.30. The smallest absolute Gasteiger partial charge is 0.264 e. The van der Waals surface area contributed by atoms with Crippen molar-refractivity contribution in [2.45, 2.75) is 20.3 Å². The minimum absolute atomic E-state index is 0.239. The van der Waals surface area contributed by atoms with Crippen LogP contribution in [0.1, 0.15) is 30.0 Å². The first kappa shape index (κ1) is 30.5. The van der Waals surface area contributed by atoms with E-state index in [1.165, 1.54) is 6.21 Å². The van der Waals surface area contributed by atoms with Crippen molar-refractivity contribution in [3.8, 4) is 11.5 Å². The number of hydrogen-bond acceptors (Lipinski definition) is 6. The number of carbonyl (C=O) groups is 2. The van der Waals surface area contributed by atoms with Crippen molar-refractivity contribution in [2.24, 2.45) is 5.10 Å². The van der Waals surface area contributed by atoms with E-state index in [0.29, 0.717) is 17.1 Å². The molecule has 0 aliphatic rings. The number of carbonyl (C=O) groups excluding carboxylic acids is 2. The second-order valence-electron chi connectivity index (χ2n) is 8.40. The van der Waals surface area contributed by atoms with Crippen LogP contribution in [0, 0.1) is 6.92 Å². The van der Waals surface area contributed by atoms with Gasteiger partial charge in [0.2, 0.25) is 0 Å². The average molecular weight is 526 g/mol. The van der Waals surface area contributed by atoms with Crippen LogP contribution < -0.4 is 10.1 Å². The first-order valence-corrected chi connectivity index (χ1v) is 12.3. The number of para-hydroxylation sites is 1. The van der Waals surface area contributed by atoms with E-state index in [2.05, 4.69) is 23.6 Å². The van der Waals surface area contributed by atoms with Crippen LogP contribution in [0.4, 0.5) is 0 Å². The molecule has 2 N–H and O–H groups in total. The highest BCUT2D eigenvalue weighted by molar-refractivity contribution is 6.26. The third kappa shape index (κ3) is 9.91. The van der Waals surface area contributed by atoms with Gasteiger partial charge >= 0.3 is 0 Å². The summed E-state index contributed by atoms with van der Waals surface area (Å²) >= 11 is 0. The molecule has 0 saturated heterocycles. The summed E-state index contributed by atoms with van der Waals surface area (Å²) in [6, 6.07) is 25.2. The summed E-state index contributed by atoms with van der Waals surface area (Å²) in [5.41, 5.74) is 5.00. The molecule has 0 heterocycles. The lowest BCUT2D eigenvalue weighted by Gasteiger charge is -2.23. The molecular formula is C32H35N3O4. The molecule has 0 radical (unpaired) electrons. The van der Waals surface area contributed by atoms with E-state index in [1.807, 2.05) is 91.9 Å². The van der Waals surface area contributed by atoms with E-state index in [1.54, 1.807) is 11.9 Å². The molecule has 0 fully saturated rings. The number of amides is 1. The first-order valence-electron chi connectivity index (χ1n) is 12.3. The number of rotatable bonds is 12. The topological polar surface area (TPSA) is 91.2 Å². The molecule has 7 heteroatoms. The summed E-state index contributed by atoms with van der Waals surface area (Å²) in [5.74, 6) is 1.02. The lowest BCUT2D eigenvalue weighted by molar-refractivity contribution is -0.114. The van der Waals surface area contributed by atoms with Crippen LogP contribution in [0.2, 0.25) is 0 Å². The number of benzene rings is 3. The molecule has 39 heavy (non-hydrogen) atoms. The van der Waals surface area contributed by atoms with E-state index < -0.39 is 5.91 Å². The zero-order chi connectivity index (χ0) is 28.6. The molecule has 0 aromatic heterocycles. The quantitative estimate of drug-likeness (QED) is 0.0999. The Balaban J connectivity index is 0.00000260. The Morgan fingerprint density at radius 3 is 2.13 bits per heavy atom. The largest absolute Gasteiger partial charge is 0.457 e.